The van der Waals surface area contributed by atoms with Crippen LogP contribution in [0.15, 0.2) is 60.7 Å². The van der Waals surface area contributed by atoms with Crippen molar-refractivity contribution in [3.05, 3.63) is 71.8 Å². The second kappa shape index (κ2) is 34.0. The molecule has 2 rings (SSSR count). The van der Waals surface area contributed by atoms with Crippen LogP contribution in [0.4, 0.5) is 0 Å². The predicted molar refractivity (Wildman–Crippen MR) is 238 cm³/mol. The van der Waals surface area contributed by atoms with Crippen molar-refractivity contribution in [2.24, 2.45) is 0 Å². The maximum absolute atomic E-state index is 8.19. The van der Waals surface area contributed by atoms with E-state index in [2.05, 4.69) is 88.4 Å². The van der Waals surface area contributed by atoms with Crippen molar-refractivity contribution in [3.63, 3.8) is 0 Å². The summed E-state index contributed by atoms with van der Waals surface area (Å²) in [6.45, 7) is 10.9. The van der Waals surface area contributed by atoms with Gasteiger partial charge in [-0.1, -0.05) is 0 Å². The van der Waals surface area contributed by atoms with Gasteiger partial charge in [0.1, 0.15) is 0 Å². The van der Waals surface area contributed by atoms with E-state index < -0.39 is 38.4 Å². The molecule has 3 nitrogen and oxygen atoms in total. The Hall–Kier alpha value is -0.0826. The summed E-state index contributed by atoms with van der Waals surface area (Å²) in [6, 6.07) is 22.1. The minimum atomic E-state index is -3.58. The zero-order chi connectivity index (χ0) is 38.0. The summed E-state index contributed by atoms with van der Waals surface area (Å²) < 4.78 is 28.0. The first kappa shape index (κ1) is 49.1. The summed E-state index contributed by atoms with van der Waals surface area (Å²) >= 11 is -7.15. The van der Waals surface area contributed by atoms with Crippen molar-refractivity contribution >= 4 is 38.4 Å². The van der Waals surface area contributed by atoms with Crippen LogP contribution in [0.2, 0.25) is 17.7 Å². The van der Waals surface area contributed by atoms with Crippen molar-refractivity contribution in [1.29, 1.82) is 0 Å². The van der Waals surface area contributed by atoms with E-state index in [1.165, 1.54) is 183 Å². The van der Waals surface area contributed by atoms with Crippen LogP contribution >= 0.6 is 0 Å². The predicted octanol–water partition coefficient (Wildman–Crippen LogP) is 15.8. The summed E-state index contributed by atoms with van der Waals surface area (Å²) in [6.07, 6.45) is 34.0. The molecule has 0 saturated heterocycles. The van der Waals surface area contributed by atoms with Gasteiger partial charge in [0.15, 0.2) is 0 Å². The Labute approximate surface area is 340 Å². The first-order chi connectivity index (χ1) is 26.1. The summed E-state index contributed by atoms with van der Waals surface area (Å²) in [5.74, 6) is 0. The van der Waals surface area contributed by atoms with Crippen LogP contribution in [-0.4, -0.2) is 51.6 Å². The van der Waals surface area contributed by atoms with Crippen molar-refractivity contribution in [1.82, 2.24) is 0 Å². The Morgan fingerprint density at radius 1 is 0.340 bits per heavy atom. The van der Waals surface area contributed by atoms with Gasteiger partial charge in [-0.25, -0.2) is 0 Å². The summed E-state index contributed by atoms with van der Waals surface area (Å²) in [4.78, 5) is 0. The Bertz CT molecular complexity index is 934. The van der Waals surface area contributed by atoms with Gasteiger partial charge in [0.2, 0.25) is 0 Å². The Balaban J connectivity index is 2.43. The number of rotatable bonds is 38. The summed E-state index contributed by atoms with van der Waals surface area (Å²) in [5.41, 5.74) is 2.78. The van der Waals surface area contributed by atoms with Crippen LogP contribution in [-0.2, 0) is 20.4 Å². The second-order valence-corrected chi connectivity index (χ2v) is 38.4. The fraction of sp³-hybridized carbons (Fsp3) is 0.750. The van der Waals surface area contributed by atoms with E-state index in [9.17, 15) is 0 Å². The molecule has 53 heavy (non-hydrogen) atoms. The number of unbranched alkanes of at least 4 members (excludes halogenated alkanes) is 20. The molecule has 0 aliphatic rings. The fourth-order valence-corrected chi connectivity index (χ4v) is 49.1. The van der Waals surface area contributed by atoms with Crippen LogP contribution in [0.5, 0.6) is 0 Å². The molecule has 304 valence electrons. The van der Waals surface area contributed by atoms with Gasteiger partial charge in [0, 0.05) is 0 Å². The molecule has 0 aliphatic carbocycles. The molecule has 0 N–H and O–H groups in total. The molecule has 0 heterocycles. The normalized spacial score (nSPS) is 12.2. The molecule has 2 aromatic carbocycles. The topological polar surface area (TPSA) is 27.7 Å². The molecule has 5 heteroatoms. The van der Waals surface area contributed by atoms with E-state index in [0.29, 0.717) is 0 Å². The van der Waals surface area contributed by atoms with Gasteiger partial charge in [-0.3, -0.25) is 0 Å². The van der Waals surface area contributed by atoms with Crippen molar-refractivity contribution in [2.45, 2.75) is 212 Å². The third-order valence-corrected chi connectivity index (χ3v) is 44.5. The molecule has 0 unspecified atom stereocenters. The Morgan fingerprint density at radius 3 is 0.887 bits per heavy atom. The zero-order valence-corrected chi connectivity index (χ0v) is 41.3. The molecule has 0 aromatic heterocycles. The number of hydrogen-bond acceptors (Lipinski definition) is 3. The first-order valence-electron chi connectivity index (χ1n) is 23.2. The van der Waals surface area contributed by atoms with Gasteiger partial charge in [0.05, 0.1) is 0 Å². The van der Waals surface area contributed by atoms with Gasteiger partial charge in [0.25, 0.3) is 0 Å². The van der Waals surface area contributed by atoms with Crippen LogP contribution in [0, 0.1) is 0 Å². The molecule has 2 aromatic rings. The average Bonchev–Trinajstić information content (AvgIpc) is 3.18. The summed E-state index contributed by atoms with van der Waals surface area (Å²) in [5, 5.41) is 0. The molecule has 0 fully saturated rings. The molecule has 0 radical (unpaired) electrons. The SMILES string of the molecule is CCCCCCC[CH2][Sn]([CH2]CCCCCCC)([O]CCc1ccccc1)[O][Sn]([CH2]CCCCCCC)([CH2]CCCCCCC)[O]CCc1ccccc1. The second-order valence-electron chi connectivity index (χ2n) is 16.2. The molecule has 0 bridgehead atoms. The maximum atomic E-state index is 8.19. The van der Waals surface area contributed by atoms with Crippen molar-refractivity contribution < 1.29 is 7.56 Å². The Morgan fingerprint density at radius 2 is 0.604 bits per heavy atom. The van der Waals surface area contributed by atoms with E-state index in [1.807, 2.05) is 0 Å². The van der Waals surface area contributed by atoms with E-state index >= 15 is 0 Å². The van der Waals surface area contributed by atoms with Gasteiger partial charge < -0.3 is 0 Å². The van der Waals surface area contributed by atoms with Crippen LogP contribution in [0.3, 0.4) is 0 Å². The Kier molecular flexibility index (Phi) is 31.5. The third kappa shape index (κ3) is 25.0. The monoisotopic (exact) mass is 950 g/mol. The molecule has 0 aliphatic heterocycles. The van der Waals surface area contributed by atoms with E-state index in [4.69, 9.17) is 7.56 Å². The first-order valence-corrected chi connectivity index (χ1v) is 35.9. The number of hydrogen-bond donors (Lipinski definition) is 0. The standard InChI is InChI=1S/2C8H9O.4C8H17.O.2Sn/c2*9-7-6-8-4-2-1-3-5-8;4*1-3-5-7-8-6-4-2;;;/h2*1-5H,6-7H2;4*1,3-8H2,2H3;;;/q2*-1;;;;;;2*+1. The van der Waals surface area contributed by atoms with Crippen molar-refractivity contribution in [2.75, 3.05) is 13.2 Å². The molecular weight excluding hydrogens is 862 g/mol. The van der Waals surface area contributed by atoms with Crippen LogP contribution in [0.1, 0.15) is 193 Å². The molecule has 0 spiro atoms. The summed E-state index contributed by atoms with van der Waals surface area (Å²) in [7, 11) is 0. The quantitative estimate of drug-likeness (QED) is 0.0496. The molecule has 0 saturated carbocycles. The molecule has 0 amide bonds. The number of benzene rings is 2. The fourth-order valence-electron chi connectivity index (χ4n) is 7.84. The van der Waals surface area contributed by atoms with Gasteiger partial charge >= 0.3 is 343 Å². The third-order valence-electron chi connectivity index (χ3n) is 11.2. The van der Waals surface area contributed by atoms with Gasteiger partial charge in [-0.05, 0) is 0 Å². The average molecular weight is 949 g/mol. The molecule has 0 atom stereocenters. The van der Waals surface area contributed by atoms with Gasteiger partial charge in [-0.2, -0.15) is 0 Å². The van der Waals surface area contributed by atoms with E-state index in [1.54, 1.807) is 0 Å². The van der Waals surface area contributed by atoms with E-state index in [0.717, 1.165) is 26.1 Å². The van der Waals surface area contributed by atoms with Crippen molar-refractivity contribution in [3.8, 4) is 0 Å². The zero-order valence-electron chi connectivity index (χ0n) is 35.6. The van der Waals surface area contributed by atoms with E-state index in [-0.39, 0.29) is 0 Å². The minimum absolute atomic E-state index is 0.811. The molecular formula is C48H86O3Sn2. The van der Waals surface area contributed by atoms with Crippen LogP contribution < -0.4 is 0 Å². The van der Waals surface area contributed by atoms with Crippen LogP contribution in [0.25, 0.3) is 0 Å². The van der Waals surface area contributed by atoms with Gasteiger partial charge in [-0.15, -0.1) is 0 Å².